The molecule has 4 heteroatoms. The van der Waals surface area contributed by atoms with E-state index in [0.29, 0.717) is 6.42 Å². The van der Waals surface area contributed by atoms with Crippen molar-refractivity contribution in [3.8, 4) is 0 Å². The molecule has 0 saturated carbocycles. The van der Waals surface area contributed by atoms with Gasteiger partial charge in [0.2, 0.25) is 5.91 Å². The maximum atomic E-state index is 12.3. The summed E-state index contributed by atoms with van der Waals surface area (Å²) in [5, 5.41) is 22.9. The van der Waals surface area contributed by atoms with Crippen LogP contribution in [0.4, 0.5) is 0 Å². The van der Waals surface area contributed by atoms with Gasteiger partial charge in [0.15, 0.2) is 0 Å². The summed E-state index contributed by atoms with van der Waals surface area (Å²) in [5.41, 5.74) is 0. The van der Waals surface area contributed by atoms with Gasteiger partial charge in [0.05, 0.1) is 18.8 Å². The van der Waals surface area contributed by atoms with Crippen molar-refractivity contribution in [2.45, 2.75) is 226 Å². The van der Waals surface area contributed by atoms with E-state index < -0.39 is 12.1 Å². The van der Waals surface area contributed by atoms with Crippen molar-refractivity contribution in [1.29, 1.82) is 0 Å². The van der Waals surface area contributed by atoms with Gasteiger partial charge in [-0.3, -0.25) is 4.79 Å². The fourth-order valence-electron chi connectivity index (χ4n) is 6.13. The lowest BCUT2D eigenvalue weighted by Crippen LogP contribution is -2.45. The molecule has 0 saturated heterocycles. The Morgan fingerprint density at radius 3 is 1.39 bits per heavy atom. The van der Waals surface area contributed by atoms with Gasteiger partial charge in [-0.05, 0) is 25.2 Å². The van der Waals surface area contributed by atoms with Crippen molar-refractivity contribution in [3.63, 3.8) is 0 Å². The van der Waals surface area contributed by atoms with Crippen LogP contribution >= 0.6 is 0 Å². The fraction of sp³-hybridized carbons (Fsp3) is 0.925. The molecule has 0 aliphatic carbocycles. The zero-order chi connectivity index (χ0) is 32.4. The van der Waals surface area contributed by atoms with Crippen LogP contribution in [0, 0.1) is 5.92 Å². The van der Waals surface area contributed by atoms with E-state index in [1.165, 1.54) is 161 Å². The third-order valence-corrected chi connectivity index (χ3v) is 9.20. The van der Waals surface area contributed by atoms with Crippen LogP contribution in [0.2, 0.25) is 0 Å². The Kier molecular flexibility index (Phi) is 34.3. The molecule has 0 aliphatic heterocycles. The molecule has 2 unspecified atom stereocenters. The number of carbonyl (C=O) groups excluding carboxylic acids is 1. The Labute approximate surface area is 276 Å². The number of hydrogen-bond donors (Lipinski definition) is 3. The normalized spacial score (nSPS) is 13.2. The van der Waals surface area contributed by atoms with Crippen LogP contribution in [0.1, 0.15) is 213 Å². The van der Waals surface area contributed by atoms with E-state index in [0.717, 1.165) is 31.6 Å². The van der Waals surface area contributed by atoms with E-state index >= 15 is 0 Å². The zero-order valence-electron chi connectivity index (χ0n) is 30.1. The third-order valence-electron chi connectivity index (χ3n) is 9.20. The first-order chi connectivity index (χ1) is 21.5. The lowest BCUT2D eigenvalue weighted by Gasteiger charge is -2.20. The van der Waals surface area contributed by atoms with Crippen molar-refractivity contribution in [1.82, 2.24) is 5.32 Å². The minimum Gasteiger partial charge on any atom is -0.394 e. The van der Waals surface area contributed by atoms with Gasteiger partial charge in [-0.25, -0.2) is 0 Å². The van der Waals surface area contributed by atoms with Crippen LogP contribution in [-0.2, 0) is 4.79 Å². The molecule has 1 amide bonds. The SMILES string of the molecule is CCCCCCCCCCCCCCCCCCCCCCC(=O)NC(CO)C(O)C=CCCCCCCCCCC(C)C. The van der Waals surface area contributed by atoms with Crippen LogP contribution in [0.15, 0.2) is 12.2 Å². The second kappa shape index (κ2) is 35.0. The summed E-state index contributed by atoms with van der Waals surface area (Å²) in [6.07, 6.45) is 41.7. The molecule has 0 heterocycles. The summed E-state index contributed by atoms with van der Waals surface area (Å²) < 4.78 is 0. The van der Waals surface area contributed by atoms with Crippen molar-refractivity contribution in [3.05, 3.63) is 12.2 Å². The van der Waals surface area contributed by atoms with Gasteiger partial charge in [-0.1, -0.05) is 200 Å². The van der Waals surface area contributed by atoms with Gasteiger partial charge in [0.25, 0.3) is 0 Å². The summed E-state index contributed by atoms with van der Waals surface area (Å²) in [6, 6.07) is -0.616. The number of allylic oxidation sites excluding steroid dienone is 1. The molecular weight excluding hydrogens is 542 g/mol. The number of aliphatic hydroxyl groups is 2. The Balaban J connectivity index is 3.53. The molecule has 0 aliphatic rings. The second-order valence-electron chi connectivity index (χ2n) is 14.2. The first-order valence-electron chi connectivity index (χ1n) is 19.8. The Bertz CT molecular complexity index is 605. The minimum atomic E-state index is -0.834. The Morgan fingerprint density at radius 1 is 0.591 bits per heavy atom. The number of amides is 1. The first-order valence-corrected chi connectivity index (χ1v) is 19.8. The van der Waals surface area contributed by atoms with Crippen molar-refractivity contribution < 1.29 is 15.0 Å². The highest BCUT2D eigenvalue weighted by Gasteiger charge is 2.17. The number of carbonyl (C=O) groups is 1. The molecule has 0 spiro atoms. The number of aliphatic hydroxyl groups excluding tert-OH is 2. The van der Waals surface area contributed by atoms with Gasteiger partial charge >= 0.3 is 0 Å². The van der Waals surface area contributed by atoms with Crippen LogP contribution in [0.5, 0.6) is 0 Å². The molecule has 0 fully saturated rings. The predicted molar refractivity (Wildman–Crippen MR) is 193 cm³/mol. The number of nitrogens with one attached hydrogen (secondary N) is 1. The lowest BCUT2D eigenvalue weighted by molar-refractivity contribution is -0.123. The summed E-state index contributed by atoms with van der Waals surface area (Å²) in [4.78, 5) is 12.3. The van der Waals surface area contributed by atoms with Gasteiger partial charge in [0, 0.05) is 6.42 Å². The summed E-state index contributed by atoms with van der Waals surface area (Å²) in [7, 11) is 0. The zero-order valence-corrected chi connectivity index (χ0v) is 30.1. The van der Waals surface area contributed by atoms with Crippen molar-refractivity contribution in [2.24, 2.45) is 5.92 Å². The summed E-state index contributed by atoms with van der Waals surface area (Å²) in [5.74, 6) is 0.761. The number of rotatable bonds is 35. The minimum absolute atomic E-state index is 0.0627. The molecule has 0 radical (unpaired) electrons. The van der Waals surface area contributed by atoms with Crippen molar-refractivity contribution >= 4 is 5.91 Å². The van der Waals surface area contributed by atoms with E-state index in [1.54, 1.807) is 6.08 Å². The monoisotopic (exact) mass is 622 g/mol. The van der Waals surface area contributed by atoms with Gasteiger partial charge < -0.3 is 15.5 Å². The van der Waals surface area contributed by atoms with Crippen LogP contribution in [0.25, 0.3) is 0 Å². The molecular formula is C40H79NO3. The first kappa shape index (κ1) is 43.1. The number of hydrogen-bond acceptors (Lipinski definition) is 3. The Morgan fingerprint density at radius 2 is 0.977 bits per heavy atom. The molecule has 3 N–H and O–H groups in total. The fourth-order valence-corrected chi connectivity index (χ4v) is 6.13. The number of unbranched alkanes of at least 4 members (excludes halogenated alkanes) is 26. The van der Waals surface area contributed by atoms with Gasteiger partial charge in [-0.2, -0.15) is 0 Å². The quantitative estimate of drug-likeness (QED) is 0.0487. The summed E-state index contributed by atoms with van der Waals surface area (Å²) >= 11 is 0. The molecule has 44 heavy (non-hydrogen) atoms. The van der Waals surface area contributed by atoms with Crippen LogP contribution in [0.3, 0.4) is 0 Å². The molecule has 0 aromatic carbocycles. The predicted octanol–water partition coefficient (Wildman–Crippen LogP) is 11.8. The van der Waals surface area contributed by atoms with E-state index in [2.05, 4.69) is 26.1 Å². The van der Waals surface area contributed by atoms with Gasteiger partial charge in [0.1, 0.15) is 0 Å². The maximum Gasteiger partial charge on any atom is 0.220 e. The van der Waals surface area contributed by atoms with E-state index in [9.17, 15) is 15.0 Å². The smallest absolute Gasteiger partial charge is 0.220 e. The van der Waals surface area contributed by atoms with Gasteiger partial charge in [-0.15, -0.1) is 0 Å². The topological polar surface area (TPSA) is 69.6 Å². The maximum absolute atomic E-state index is 12.3. The highest BCUT2D eigenvalue weighted by molar-refractivity contribution is 5.76. The highest BCUT2D eigenvalue weighted by atomic mass is 16.3. The van der Waals surface area contributed by atoms with E-state index in [-0.39, 0.29) is 12.5 Å². The molecule has 2 atom stereocenters. The standard InChI is InChI=1S/C40H79NO3/c1-4-5-6-7-8-9-10-11-12-13-14-15-16-17-18-19-23-26-29-32-35-40(44)41-38(36-42)39(43)34-31-28-25-22-20-21-24-27-30-33-37(2)3/h31,34,37-39,42-43H,4-30,32-33,35-36H2,1-3H3,(H,41,44). The lowest BCUT2D eigenvalue weighted by atomic mass is 10.0. The van der Waals surface area contributed by atoms with Crippen molar-refractivity contribution in [2.75, 3.05) is 6.61 Å². The summed E-state index contributed by atoms with van der Waals surface area (Å²) in [6.45, 7) is 6.64. The second-order valence-corrected chi connectivity index (χ2v) is 14.2. The van der Waals surface area contributed by atoms with Crippen LogP contribution in [-0.4, -0.2) is 34.9 Å². The van der Waals surface area contributed by atoms with E-state index in [4.69, 9.17) is 0 Å². The van der Waals surface area contributed by atoms with E-state index in [1.807, 2.05) is 6.08 Å². The molecule has 0 aromatic rings. The molecule has 0 bridgehead atoms. The third kappa shape index (κ3) is 32.5. The molecule has 4 nitrogen and oxygen atoms in total. The van der Waals surface area contributed by atoms with Crippen LogP contribution < -0.4 is 5.32 Å². The average Bonchev–Trinajstić information content (AvgIpc) is 3.01. The molecule has 0 rings (SSSR count). The molecule has 262 valence electrons. The average molecular weight is 622 g/mol. The molecule has 0 aromatic heterocycles. The largest absolute Gasteiger partial charge is 0.394 e. The highest BCUT2D eigenvalue weighted by Crippen LogP contribution is 2.16. The Hall–Kier alpha value is -0.870.